The highest BCUT2D eigenvalue weighted by Gasteiger charge is 2.12. The molecule has 0 saturated heterocycles. The number of ketones is 1. The quantitative estimate of drug-likeness (QED) is 0.310. The number of rotatable bonds is 10. The van der Waals surface area contributed by atoms with Crippen molar-refractivity contribution in [2.45, 2.75) is 32.6 Å². The number of carbonyl (C=O) groups excluding carboxylic acids is 2. The van der Waals surface area contributed by atoms with Gasteiger partial charge < -0.3 is 14.8 Å². The third-order valence-electron chi connectivity index (χ3n) is 5.07. The highest BCUT2D eigenvalue weighted by Crippen LogP contribution is 2.26. The number of hydrogen-bond acceptors (Lipinski definition) is 4. The van der Waals surface area contributed by atoms with Crippen LogP contribution in [-0.4, -0.2) is 31.7 Å². The fourth-order valence-electron chi connectivity index (χ4n) is 3.41. The van der Waals surface area contributed by atoms with E-state index in [2.05, 4.69) is 5.32 Å². The zero-order valence-corrected chi connectivity index (χ0v) is 18.4. The van der Waals surface area contributed by atoms with Crippen molar-refractivity contribution < 1.29 is 23.5 Å². The summed E-state index contributed by atoms with van der Waals surface area (Å²) in [5.74, 6) is 1.39. The van der Waals surface area contributed by atoms with Gasteiger partial charge in [-0.3, -0.25) is 4.79 Å². The van der Waals surface area contributed by atoms with E-state index in [9.17, 15) is 14.0 Å². The fraction of sp³-hybridized carbons (Fsp3) is 0.308. The van der Waals surface area contributed by atoms with Gasteiger partial charge in [-0.25, -0.2) is 9.18 Å². The third kappa shape index (κ3) is 6.30. The van der Waals surface area contributed by atoms with Crippen molar-refractivity contribution in [2.75, 3.05) is 19.8 Å². The molecule has 0 aliphatic heterocycles. The number of carbonyl (C=O) groups is 2. The van der Waals surface area contributed by atoms with Crippen LogP contribution in [0.4, 0.5) is 9.18 Å². The minimum Gasteiger partial charge on any atom is -0.491 e. The van der Waals surface area contributed by atoms with Crippen LogP contribution in [0.2, 0.25) is 0 Å². The Labute approximate surface area is 187 Å². The molecule has 0 heterocycles. The van der Waals surface area contributed by atoms with Gasteiger partial charge in [-0.05, 0) is 52.9 Å². The van der Waals surface area contributed by atoms with E-state index in [-0.39, 0.29) is 18.3 Å². The van der Waals surface area contributed by atoms with Crippen LogP contribution in [0.25, 0.3) is 10.8 Å². The molecule has 0 radical (unpaired) electrons. The summed E-state index contributed by atoms with van der Waals surface area (Å²) in [5, 5.41) is 4.53. The molecule has 1 amide bonds. The smallest absolute Gasteiger partial charge is 0.412 e. The third-order valence-corrected chi connectivity index (χ3v) is 5.07. The van der Waals surface area contributed by atoms with Crippen molar-refractivity contribution in [3.8, 4) is 11.5 Å². The van der Waals surface area contributed by atoms with Crippen LogP contribution < -0.4 is 14.8 Å². The highest BCUT2D eigenvalue weighted by atomic mass is 18.2. The number of benzene rings is 3. The largest absolute Gasteiger partial charge is 0.491 e. The normalized spacial score (nSPS) is 10.9. The monoisotopic (exact) mass is 436 g/mol. The van der Waals surface area contributed by atoms with E-state index in [1.54, 1.807) is 18.2 Å². The second kappa shape index (κ2) is 11.3. The van der Waals surface area contributed by atoms with Crippen LogP contribution >= 0.6 is 0 Å². The molecule has 32 heavy (non-hydrogen) atoms. The number of amides is 1. The molecule has 0 unspecified atom stereocenters. The number of nitrogens with one attached hydrogen (secondary N) is 1. The van der Waals surface area contributed by atoms with E-state index in [1.165, 1.54) is 0 Å². The van der Waals surface area contributed by atoms with Crippen molar-refractivity contribution in [3.05, 3.63) is 71.8 Å². The molecule has 6 heteroatoms. The van der Waals surface area contributed by atoms with E-state index in [0.29, 0.717) is 36.4 Å². The number of alkyl halides is 1. The molecule has 0 atom stereocenters. The lowest BCUT2D eigenvalue weighted by Crippen LogP contribution is -2.28. The van der Waals surface area contributed by atoms with Gasteiger partial charge in [0.15, 0.2) is 5.78 Å². The Morgan fingerprint density at radius 2 is 1.75 bits per heavy atom. The van der Waals surface area contributed by atoms with E-state index in [1.807, 2.05) is 56.3 Å². The summed E-state index contributed by atoms with van der Waals surface area (Å²) in [5.41, 5.74) is 1.58. The number of hydrogen-bond donors (Lipinski definition) is 1. The lowest BCUT2D eigenvalue weighted by atomic mass is 10.0. The zero-order chi connectivity index (χ0) is 22.9. The van der Waals surface area contributed by atoms with Gasteiger partial charge in [0.05, 0.1) is 0 Å². The maximum atomic E-state index is 12.5. The van der Waals surface area contributed by atoms with E-state index in [4.69, 9.17) is 9.47 Å². The Morgan fingerprint density at radius 1 is 1.00 bits per heavy atom. The molecule has 3 aromatic carbocycles. The predicted octanol–water partition coefficient (Wildman–Crippen LogP) is 6.06. The lowest BCUT2D eigenvalue weighted by molar-refractivity contribution is 0.0979. The molecular formula is C26H28FNO4. The standard InChI is InChI=1S/C26H28FNO4/c1-18(2)23-6-3-4-8-25(23)32-26(30)28-14-5-7-24(29)21-10-9-20-17-22(31-15-13-27)12-11-19(20)16-21/h3-4,6,8-12,16-18H,5,7,13-15H2,1-2H3,(H,28,30)/i27-1. The van der Waals surface area contributed by atoms with Gasteiger partial charge in [0.25, 0.3) is 0 Å². The first kappa shape index (κ1) is 23.3. The molecule has 0 spiro atoms. The maximum Gasteiger partial charge on any atom is 0.412 e. The van der Waals surface area contributed by atoms with Gasteiger partial charge in [-0.15, -0.1) is 0 Å². The Balaban J connectivity index is 1.48. The minimum atomic E-state index is -0.538. The van der Waals surface area contributed by atoms with Crippen LogP contribution in [0.15, 0.2) is 60.7 Å². The van der Waals surface area contributed by atoms with Crippen molar-refractivity contribution >= 4 is 22.6 Å². The first-order valence-corrected chi connectivity index (χ1v) is 10.8. The van der Waals surface area contributed by atoms with Crippen LogP contribution in [-0.2, 0) is 0 Å². The van der Waals surface area contributed by atoms with Gasteiger partial charge in [0, 0.05) is 18.5 Å². The number of Topliss-reactive ketones (excluding diaryl/α,β-unsaturated/α-hetero) is 1. The Hall–Kier alpha value is -3.41. The summed E-state index contributed by atoms with van der Waals surface area (Å²) in [6.07, 6.45) is 0.293. The van der Waals surface area contributed by atoms with Crippen molar-refractivity contribution in [2.24, 2.45) is 0 Å². The minimum absolute atomic E-state index is 0.00461. The molecule has 0 fully saturated rings. The summed E-state index contributed by atoms with van der Waals surface area (Å²) < 4.78 is 23.0. The van der Waals surface area contributed by atoms with E-state index >= 15 is 0 Å². The summed E-state index contributed by atoms with van der Waals surface area (Å²) in [6.45, 7) is 3.91. The molecule has 1 N–H and O–H groups in total. The molecular weight excluding hydrogens is 408 g/mol. The molecule has 168 valence electrons. The van der Waals surface area contributed by atoms with Crippen LogP contribution in [0, 0.1) is 0 Å². The van der Waals surface area contributed by atoms with Gasteiger partial charge >= 0.3 is 6.09 Å². The van der Waals surface area contributed by atoms with Crippen LogP contribution in [0.1, 0.15) is 48.5 Å². The van der Waals surface area contributed by atoms with E-state index in [0.717, 1.165) is 16.3 Å². The Bertz CT molecular complexity index is 1080. The summed E-state index contributed by atoms with van der Waals surface area (Å²) in [4.78, 5) is 24.6. The fourth-order valence-corrected chi connectivity index (χ4v) is 3.41. The first-order chi connectivity index (χ1) is 15.5. The van der Waals surface area contributed by atoms with Crippen molar-refractivity contribution in [1.82, 2.24) is 5.32 Å². The molecule has 0 aliphatic carbocycles. The number of para-hydroxylation sites is 1. The zero-order valence-electron chi connectivity index (χ0n) is 18.4. The Kier molecular flexibility index (Phi) is 8.20. The predicted molar refractivity (Wildman–Crippen MR) is 124 cm³/mol. The van der Waals surface area contributed by atoms with Gasteiger partial charge in [0.2, 0.25) is 0 Å². The molecule has 0 bridgehead atoms. The average molecular weight is 437 g/mol. The van der Waals surface area contributed by atoms with Crippen LogP contribution in [0.5, 0.6) is 11.5 Å². The highest BCUT2D eigenvalue weighted by molar-refractivity contribution is 6.00. The average Bonchev–Trinajstić information content (AvgIpc) is 2.80. The SMILES string of the molecule is CC(C)c1ccccc1OC(=O)NCCCC(=O)c1ccc2cc(OCC[18F])ccc2c1. The van der Waals surface area contributed by atoms with Crippen molar-refractivity contribution in [1.29, 1.82) is 0 Å². The Morgan fingerprint density at radius 3 is 2.53 bits per heavy atom. The molecule has 5 nitrogen and oxygen atoms in total. The second-order valence-electron chi connectivity index (χ2n) is 7.80. The van der Waals surface area contributed by atoms with Gasteiger partial charge in [-0.2, -0.15) is 0 Å². The molecule has 0 saturated carbocycles. The molecule has 0 aliphatic rings. The van der Waals surface area contributed by atoms with E-state index < -0.39 is 12.8 Å². The summed E-state index contributed by atoms with van der Waals surface area (Å²) in [7, 11) is 0. The molecule has 3 rings (SSSR count). The molecule has 0 aromatic heterocycles. The first-order valence-electron chi connectivity index (χ1n) is 10.8. The summed E-state index contributed by atoms with van der Waals surface area (Å²) >= 11 is 0. The topological polar surface area (TPSA) is 64.6 Å². The summed E-state index contributed by atoms with van der Waals surface area (Å²) in [6, 6.07) is 18.4. The second-order valence-corrected chi connectivity index (χ2v) is 7.80. The number of halogens is 1. The lowest BCUT2D eigenvalue weighted by Gasteiger charge is -2.13. The van der Waals surface area contributed by atoms with Crippen LogP contribution in [0.3, 0.4) is 0 Å². The molecule has 3 aromatic rings. The van der Waals surface area contributed by atoms with Gasteiger partial charge in [0.1, 0.15) is 24.8 Å². The number of ether oxygens (including phenoxy) is 2. The van der Waals surface area contributed by atoms with Gasteiger partial charge in [-0.1, -0.05) is 50.2 Å². The maximum absolute atomic E-state index is 12.5. The number of fused-ring (bicyclic) bond motifs is 1. The van der Waals surface area contributed by atoms with Crippen molar-refractivity contribution in [3.63, 3.8) is 0 Å².